The number of ketones is 1. The van der Waals surface area contributed by atoms with Crippen molar-refractivity contribution in [3.63, 3.8) is 0 Å². The number of carbonyl (C=O) groups excluding carboxylic acids is 1. The molecule has 0 aliphatic carbocycles. The summed E-state index contributed by atoms with van der Waals surface area (Å²) in [4.78, 5) is 13.0. The summed E-state index contributed by atoms with van der Waals surface area (Å²) in [5.41, 5.74) is 5.22. The van der Waals surface area contributed by atoms with Crippen LogP contribution in [-0.4, -0.2) is 10.9 Å². The number of aliphatic hydroxyl groups excluding tert-OH is 1. The first-order valence-electron chi connectivity index (χ1n) is 9.70. The summed E-state index contributed by atoms with van der Waals surface area (Å²) in [7, 11) is 0. The van der Waals surface area contributed by atoms with Crippen LogP contribution in [0, 0.1) is 13.8 Å². The second-order valence-electron chi connectivity index (χ2n) is 7.28. The van der Waals surface area contributed by atoms with Gasteiger partial charge in [-0.2, -0.15) is 0 Å². The summed E-state index contributed by atoms with van der Waals surface area (Å²) in [6.45, 7) is 7.89. The van der Waals surface area contributed by atoms with Crippen LogP contribution in [0.2, 0.25) is 0 Å². The molecule has 0 aliphatic heterocycles. The van der Waals surface area contributed by atoms with Gasteiger partial charge in [-0.05, 0) is 62.1 Å². The molecule has 0 saturated heterocycles. The summed E-state index contributed by atoms with van der Waals surface area (Å²) in [5.74, 6) is -0.0168. The van der Waals surface area contributed by atoms with E-state index in [-0.39, 0.29) is 11.5 Å². The van der Waals surface area contributed by atoms with E-state index in [1.807, 2.05) is 50.2 Å². The highest BCUT2D eigenvalue weighted by Gasteiger charge is 2.30. The Bertz CT molecular complexity index is 1190. The third-order valence-corrected chi connectivity index (χ3v) is 5.58. The Morgan fingerprint density at radius 3 is 2.00 bits per heavy atom. The molecule has 2 heterocycles. The Labute approximate surface area is 163 Å². The molecule has 28 heavy (non-hydrogen) atoms. The van der Waals surface area contributed by atoms with Gasteiger partial charge < -0.3 is 13.9 Å². The quantitative estimate of drug-likeness (QED) is 0.445. The minimum absolute atomic E-state index is 0.185. The second kappa shape index (κ2) is 6.95. The molecule has 4 heteroatoms. The average molecular weight is 376 g/mol. The number of aryl methyl sites for hydroxylation is 4. The van der Waals surface area contributed by atoms with E-state index in [1.54, 1.807) is 0 Å². The van der Waals surface area contributed by atoms with Crippen molar-refractivity contribution < 1.29 is 18.7 Å². The Hall–Kier alpha value is -2.85. The summed E-state index contributed by atoms with van der Waals surface area (Å²) in [5, 5.41) is 12.6. The Balaban J connectivity index is 1.76. The SMILES string of the molecule is CCc1ccc2oc(C(=O)C(O)c3oc4ccc(CC)cc4c3C)c(C)c2c1. The van der Waals surface area contributed by atoms with Gasteiger partial charge in [0.15, 0.2) is 11.9 Å². The van der Waals surface area contributed by atoms with Crippen molar-refractivity contribution in [2.24, 2.45) is 0 Å². The molecule has 4 aromatic rings. The number of benzene rings is 2. The number of rotatable bonds is 5. The fraction of sp³-hybridized carbons (Fsp3) is 0.292. The van der Waals surface area contributed by atoms with Gasteiger partial charge in [-0.25, -0.2) is 0 Å². The number of furan rings is 2. The lowest BCUT2D eigenvalue weighted by Gasteiger charge is -2.06. The second-order valence-corrected chi connectivity index (χ2v) is 7.28. The van der Waals surface area contributed by atoms with E-state index in [4.69, 9.17) is 8.83 Å². The van der Waals surface area contributed by atoms with Crippen LogP contribution in [-0.2, 0) is 12.8 Å². The number of hydrogen-bond donors (Lipinski definition) is 1. The van der Waals surface area contributed by atoms with Crippen LogP contribution in [0.25, 0.3) is 21.9 Å². The van der Waals surface area contributed by atoms with Crippen molar-refractivity contribution >= 4 is 27.7 Å². The van der Waals surface area contributed by atoms with E-state index in [0.717, 1.165) is 34.7 Å². The molecule has 0 aliphatic rings. The summed E-state index contributed by atoms with van der Waals surface area (Å²) >= 11 is 0. The molecule has 144 valence electrons. The first-order valence-corrected chi connectivity index (χ1v) is 9.70. The number of aliphatic hydroxyl groups is 1. The van der Waals surface area contributed by atoms with Gasteiger partial charge >= 0.3 is 0 Å². The van der Waals surface area contributed by atoms with Crippen LogP contribution in [0.5, 0.6) is 0 Å². The zero-order valence-electron chi connectivity index (χ0n) is 16.6. The highest BCUT2D eigenvalue weighted by atomic mass is 16.4. The van der Waals surface area contributed by atoms with Crippen LogP contribution in [0.3, 0.4) is 0 Å². The summed E-state index contributed by atoms with van der Waals surface area (Å²) < 4.78 is 11.6. The molecule has 0 bridgehead atoms. The van der Waals surface area contributed by atoms with E-state index in [0.29, 0.717) is 11.2 Å². The summed E-state index contributed by atoms with van der Waals surface area (Å²) in [6, 6.07) is 11.8. The number of fused-ring (bicyclic) bond motifs is 2. The van der Waals surface area contributed by atoms with Gasteiger partial charge in [0.2, 0.25) is 5.78 Å². The number of Topliss-reactive ketones (excluding diaryl/α,β-unsaturated/α-hetero) is 1. The molecule has 1 N–H and O–H groups in total. The van der Waals surface area contributed by atoms with E-state index in [2.05, 4.69) is 13.8 Å². The Morgan fingerprint density at radius 1 is 0.893 bits per heavy atom. The molecule has 0 radical (unpaired) electrons. The lowest BCUT2D eigenvalue weighted by Crippen LogP contribution is -2.12. The van der Waals surface area contributed by atoms with Gasteiger partial charge in [0.05, 0.1) is 0 Å². The van der Waals surface area contributed by atoms with E-state index in [9.17, 15) is 9.90 Å². The van der Waals surface area contributed by atoms with E-state index in [1.165, 1.54) is 11.1 Å². The molecule has 4 rings (SSSR count). The van der Waals surface area contributed by atoms with E-state index >= 15 is 0 Å². The van der Waals surface area contributed by atoms with Crippen molar-refractivity contribution in [1.29, 1.82) is 0 Å². The monoisotopic (exact) mass is 376 g/mol. The van der Waals surface area contributed by atoms with Gasteiger partial charge in [0, 0.05) is 21.9 Å². The molecule has 1 unspecified atom stereocenters. The van der Waals surface area contributed by atoms with Crippen LogP contribution in [0.15, 0.2) is 45.2 Å². The first-order chi connectivity index (χ1) is 13.4. The standard InChI is InChI=1S/C24H24O4/c1-5-15-7-9-19-17(11-15)13(3)23(27-19)21(25)22(26)24-14(4)18-12-16(6-2)8-10-20(18)28-24/h7-12,21,25H,5-6H2,1-4H3. The normalized spacial score (nSPS) is 12.8. The third kappa shape index (κ3) is 2.85. The Morgan fingerprint density at radius 2 is 1.43 bits per heavy atom. The molecule has 2 aromatic carbocycles. The fourth-order valence-electron chi connectivity index (χ4n) is 3.73. The maximum atomic E-state index is 13.0. The molecule has 0 amide bonds. The van der Waals surface area contributed by atoms with Crippen LogP contribution >= 0.6 is 0 Å². The van der Waals surface area contributed by atoms with Crippen LogP contribution < -0.4 is 0 Å². The Kier molecular flexibility index (Phi) is 4.60. The first kappa shape index (κ1) is 18.5. The molecule has 0 saturated carbocycles. The topological polar surface area (TPSA) is 63.6 Å². The lowest BCUT2D eigenvalue weighted by atomic mass is 10.0. The smallest absolute Gasteiger partial charge is 0.234 e. The van der Waals surface area contributed by atoms with Gasteiger partial charge in [0.25, 0.3) is 0 Å². The lowest BCUT2D eigenvalue weighted by molar-refractivity contribution is 0.0677. The predicted molar refractivity (Wildman–Crippen MR) is 110 cm³/mol. The molecule has 1 atom stereocenters. The van der Waals surface area contributed by atoms with E-state index < -0.39 is 11.9 Å². The average Bonchev–Trinajstić information content (AvgIpc) is 3.23. The van der Waals surface area contributed by atoms with Crippen molar-refractivity contribution in [2.45, 2.75) is 46.6 Å². The van der Waals surface area contributed by atoms with Gasteiger partial charge in [-0.3, -0.25) is 4.79 Å². The highest BCUT2D eigenvalue weighted by Crippen LogP contribution is 2.34. The zero-order chi connectivity index (χ0) is 20.0. The number of hydrogen-bond acceptors (Lipinski definition) is 4. The van der Waals surface area contributed by atoms with Crippen molar-refractivity contribution in [3.8, 4) is 0 Å². The fourth-order valence-corrected chi connectivity index (χ4v) is 3.73. The van der Waals surface area contributed by atoms with Gasteiger partial charge in [-0.15, -0.1) is 0 Å². The van der Waals surface area contributed by atoms with Crippen LogP contribution in [0.4, 0.5) is 0 Å². The molecular formula is C24H24O4. The van der Waals surface area contributed by atoms with Crippen molar-refractivity contribution in [1.82, 2.24) is 0 Å². The molecule has 0 spiro atoms. The molecule has 4 nitrogen and oxygen atoms in total. The zero-order valence-corrected chi connectivity index (χ0v) is 16.6. The minimum Gasteiger partial charge on any atom is -0.458 e. The maximum absolute atomic E-state index is 13.0. The molecular weight excluding hydrogens is 352 g/mol. The van der Waals surface area contributed by atoms with Gasteiger partial charge in [-0.1, -0.05) is 26.0 Å². The molecule has 2 aromatic heterocycles. The minimum atomic E-state index is -1.40. The largest absolute Gasteiger partial charge is 0.458 e. The van der Waals surface area contributed by atoms with Crippen molar-refractivity contribution in [2.75, 3.05) is 0 Å². The third-order valence-electron chi connectivity index (χ3n) is 5.58. The number of carbonyl (C=O) groups is 1. The summed E-state index contributed by atoms with van der Waals surface area (Å²) in [6.07, 6.45) is 0.419. The van der Waals surface area contributed by atoms with Gasteiger partial charge in [0.1, 0.15) is 16.9 Å². The maximum Gasteiger partial charge on any atom is 0.234 e. The predicted octanol–water partition coefficient (Wildman–Crippen LogP) is 5.84. The molecule has 0 fully saturated rings. The van der Waals surface area contributed by atoms with Crippen molar-refractivity contribution in [3.05, 3.63) is 70.2 Å². The van der Waals surface area contributed by atoms with Crippen LogP contribution in [0.1, 0.15) is 58.5 Å². The highest BCUT2D eigenvalue weighted by molar-refractivity contribution is 6.03.